The van der Waals surface area contributed by atoms with Gasteiger partial charge in [0.1, 0.15) is 0 Å². The maximum atomic E-state index is 3.48. The van der Waals surface area contributed by atoms with Crippen molar-refractivity contribution in [2.75, 3.05) is 0 Å². The molecule has 0 radical (unpaired) electrons. The highest BCUT2D eigenvalue weighted by molar-refractivity contribution is 7.13. The van der Waals surface area contributed by atoms with E-state index in [1.165, 1.54) is 32.8 Å². The van der Waals surface area contributed by atoms with Crippen molar-refractivity contribution in [1.82, 2.24) is 4.98 Å². The molecule has 1 aliphatic carbocycles. The first-order valence-electron chi connectivity index (χ1n) is 6.26. The van der Waals surface area contributed by atoms with E-state index < -0.39 is 0 Å². The van der Waals surface area contributed by atoms with Gasteiger partial charge in [0.05, 0.1) is 0 Å². The van der Waals surface area contributed by atoms with Crippen LogP contribution < -0.4 is 0 Å². The monoisotopic (exact) mass is 251 g/mol. The highest BCUT2D eigenvalue weighted by atomic mass is 32.1. The van der Waals surface area contributed by atoms with Gasteiger partial charge in [-0.3, -0.25) is 0 Å². The number of H-pyrrole nitrogens is 1. The molecule has 1 aliphatic rings. The third-order valence-electron chi connectivity index (χ3n) is 3.71. The first kappa shape index (κ1) is 10.2. The summed E-state index contributed by atoms with van der Waals surface area (Å²) < 4.78 is 0. The molecule has 2 heteroatoms. The van der Waals surface area contributed by atoms with Crippen molar-refractivity contribution >= 4 is 11.3 Å². The summed E-state index contributed by atoms with van der Waals surface area (Å²) in [7, 11) is 0. The van der Waals surface area contributed by atoms with Gasteiger partial charge in [0.15, 0.2) is 0 Å². The smallest absolute Gasteiger partial charge is 0.0496 e. The Labute approximate surface area is 110 Å². The topological polar surface area (TPSA) is 15.8 Å². The molecule has 0 aliphatic heterocycles. The van der Waals surface area contributed by atoms with Crippen LogP contribution in [0.5, 0.6) is 0 Å². The number of hydrogen-bond donors (Lipinski definition) is 1. The summed E-state index contributed by atoms with van der Waals surface area (Å²) in [5.41, 5.74) is 7.03. The Morgan fingerprint density at radius 3 is 2.78 bits per heavy atom. The predicted octanol–water partition coefficient (Wildman–Crippen LogP) is 4.51. The van der Waals surface area contributed by atoms with E-state index in [1.807, 2.05) is 11.3 Å². The Morgan fingerprint density at radius 2 is 1.89 bits per heavy atom. The summed E-state index contributed by atoms with van der Waals surface area (Å²) in [5, 5.41) is 2.14. The van der Waals surface area contributed by atoms with Gasteiger partial charge in [0.2, 0.25) is 0 Å². The maximum absolute atomic E-state index is 3.48. The lowest BCUT2D eigenvalue weighted by Crippen LogP contribution is -2.02. The normalized spacial score (nSPS) is 13.1. The van der Waals surface area contributed by atoms with Crippen molar-refractivity contribution in [3.05, 3.63) is 59.1 Å². The van der Waals surface area contributed by atoms with Crippen molar-refractivity contribution in [2.24, 2.45) is 0 Å². The van der Waals surface area contributed by atoms with Gasteiger partial charge >= 0.3 is 0 Å². The van der Waals surface area contributed by atoms with Crippen LogP contribution in [0.25, 0.3) is 21.7 Å². The average Bonchev–Trinajstić information content (AvgIpc) is 3.07. The largest absolute Gasteiger partial charge is 0.360 e. The molecule has 0 unspecified atom stereocenters. The van der Waals surface area contributed by atoms with Gasteiger partial charge < -0.3 is 4.98 Å². The molecule has 3 aromatic rings. The van der Waals surface area contributed by atoms with Gasteiger partial charge in [0, 0.05) is 27.9 Å². The van der Waals surface area contributed by atoms with Crippen molar-refractivity contribution in [1.29, 1.82) is 0 Å². The number of aromatic nitrogens is 1. The molecule has 0 fully saturated rings. The number of hydrogen-bond acceptors (Lipinski definition) is 1. The zero-order valence-electron chi connectivity index (χ0n) is 9.94. The predicted molar refractivity (Wildman–Crippen MR) is 76.9 cm³/mol. The number of fused-ring (bicyclic) bond motifs is 3. The molecule has 88 valence electrons. The minimum atomic E-state index is 1.14. The second-order valence-corrected chi connectivity index (χ2v) is 5.64. The van der Waals surface area contributed by atoms with Crippen molar-refractivity contribution in [3.63, 3.8) is 0 Å². The first-order valence-corrected chi connectivity index (χ1v) is 7.14. The Morgan fingerprint density at radius 1 is 0.944 bits per heavy atom. The molecule has 2 aromatic heterocycles. The molecule has 0 bridgehead atoms. The fourth-order valence-corrected chi connectivity index (χ4v) is 3.62. The minimum Gasteiger partial charge on any atom is -0.360 e. The SMILES string of the molecule is c1csc(-c2c[nH]c3c2CCc2ccccc2-3)c1. The van der Waals surface area contributed by atoms with Gasteiger partial charge in [0.25, 0.3) is 0 Å². The third kappa shape index (κ3) is 1.39. The van der Waals surface area contributed by atoms with E-state index >= 15 is 0 Å². The van der Waals surface area contributed by atoms with E-state index in [9.17, 15) is 0 Å². The van der Waals surface area contributed by atoms with Crippen LogP contribution in [0.3, 0.4) is 0 Å². The van der Waals surface area contributed by atoms with Crippen LogP contribution in [0.15, 0.2) is 48.0 Å². The minimum absolute atomic E-state index is 1.14. The third-order valence-corrected chi connectivity index (χ3v) is 4.61. The number of aryl methyl sites for hydroxylation is 1. The van der Waals surface area contributed by atoms with Gasteiger partial charge in [-0.2, -0.15) is 0 Å². The summed E-state index contributed by atoms with van der Waals surface area (Å²) in [4.78, 5) is 4.84. The number of nitrogens with one attached hydrogen (secondary N) is 1. The van der Waals surface area contributed by atoms with Crippen LogP contribution in [0.4, 0.5) is 0 Å². The van der Waals surface area contributed by atoms with Gasteiger partial charge in [-0.25, -0.2) is 0 Å². The maximum Gasteiger partial charge on any atom is 0.0496 e. The van der Waals surface area contributed by atoms with Crippen LogP contribution in [0.2, 0.25) is 0 Å². The standard InChI is InChI=1S/C16H13NS/c1-2-5-12-11(4-1)7-8-13-14(10-17-16(12)13)15-6-3-9-18-15/h1-6,9-10,17H,7-8H2. The summed E-state index contributed by atoms with van der Waals surface area (Å²) in [6.45, 7) is 0. The summed E-state index contributed by atoms with van der Waals surface area (Å²) >= 11 is 1.81. The Bertz CT molecular complexity index is 692. The van der Waals surface area contributed by atoms with E-state index in [1.54, 1.807) is 0 Å². The van der Waals surface area contributed by atoms with Crippen LogP contribution >= 0.6 is 11.3 Å². The zero-order valence-corrected chi connectivity index (χ0v) is 10.8. The average molecular weight is 251 g/mol. The molecule has 0 saturated heterocycles. The fourth-order valence-electron chi connectivity index (χ4n) is 2.85. The molecular weight excluding hydrogens is 238 g/mol. The van der Waals surface area contributed by atoms with E-state index in [2.05, 4.69) is 53.0 Å². The van der Waals surface area contributed by atoms with Crippen molar-refractivity contribution < 1.29 is 0 Å². The molecule has 0 atom stereocenters. The van der Waals surface area contributed by atoms with Gasteiger partial charge in [-0.05, 0) is 35.4 Å². The van der Waals surface area contributed by atoms with E-state index in [4.69, 9.17) is 0 Å². The Kier molecular flexibility index (Phi) is 2.17. The lowest BCUT2D eigenvalue weighted by atomic mass is 9.88. The summed E-state index contributed by atoms with van der Waals surface area (Å²) in [6, 6.07) is 13.0. The molecule has 1 N–H and O–H groups in total. The lowest BCUT2D eigenvalue weighted by molar-refractivity contribution is 0.944. The molecule has 0 saturated carbocycles. The van der Waals surface area contributed by atoms with Crippen LogP contribution in [0.1, 0.15) is 11.1 Å². The second-order valence-electron chi connectivity index (χ2n) is 4.69. The number of aromatic amines is 1. The molecule has 4 rings (SSSR count). The molecule has 18 heavy (non-hydrogen) atoms. The quantitative estimate of drug-likeness (QED) is 0.655. The Hall–Kier alpha value is -1.80. The highest BCUT2D eigenvalue weighted by Gasteiger charge is 2.20. The van der Waals surface area contributed by atoms with Crippen LogP contribution in [-0.2, 0) is 12.8 Å². The number of benzene rings is 1. The lowest BCUT2D eigenvalue weighted by Gasteiger charge is -2.17. The highest BCUT2D eigenvalue weighted by Crippen LogP contribution is 2.39. The molecule has 2 heterocycles. The van der Waals surface area contributed by atoms with Crippen molar-refractivity contribution in [2.45, 2.75) is 12.8 Å². The summed E-state index contributed by atoms with van der Waals surface area (Å²) in [5.74, 6) is 0. The molecule has 1 nitrogen and oxygen atoms in total. The molecule has 0 amide bonds. The van der Waals surface area contributed by atoms with Crippen LogP contribution in [-0.4, -0.2) is 4.98 Å². The number of thiophene rings is 1. The molecule has 0 spiro atoms. The molecular formula is C16H13NS. The van der Waals surface area contributed by atoms with E-state index in [0.29, 0.717) is 0 Å². The van der Waals surface area contributed by atoms with E-state index in [0.717, 1.165) is 12.8 Å². The van der Waals surface area contributed by atoms with Gasteiger partial charge in [-0.1, -0.05) is 30.3 Å². The van der Waals surface area contributed by atoms with Crippen LogP contribution in [0, 0.1) is 0 Å². The Balaban J connectivity index is 1.93. The first-order chi connectivity index (χ1) is 8.93. The second kappa shape index (κ2) is 3.85. The van der Waals surface area contributed by atoms with Crippen molar-refractivity contribution in [3.8, 4) is 21.7 Å². The summed E-state index contributed by atoms with van der Waals surface area (Å²) in [6.07, 6.45) is 4.46. The molecule has 1 aromatic carbocycles. The fraction of sp³-hybridized carbons (Fsp3) is 0.125. The zero-order chi connectivity index (χ0) is 11.9. The number of rotatable bonds is 1. The van der Waals surface area contributed by atoms with Gasteiger partial charge in [-0.15, -0.1) is 11.3 Å². The van der Waals surface area contributed by atoms with E-state index in [-0.39, 0.29) is 0 Å².